The minimum atomic E-state index is -0.225. The molecular weight excluding hydrogens is 288 g/mol. The highest BCUT2D eigenvalue weighted by Gasteiger charge is 2.54. The maximum absolute atomic E-state index is 11.9. The molecule has 0 spiro atoms. The summed E-state index contributed by atoms with van der Waals surface area (Å²) in [5.41, 5.74) is 3.34. The Morgan fingerprint density at radius 1 is 1.22 bits per heavy atom. The van der Waals surface area contributed by atoms with E-state index in [2.05, 4.69) is 39.5 Å². The molecule has 0 aromatic rings. The molecule has 0 aromatic carbocycles. The largest absolute Gasteiger partial charge is 0.458 e. The average Bonchev–Trinajstić information content (AvgIpc) is 3.04. The van der Waals surface area contributed by atoms with Crippen molar-refractivity contribution in [2.75, 3.05) is 0 Å². The third kappa shape index (κ3) is 3.60. The Morgan fingerprint density at radius 3 is 2.74 bits per heavy atom. The normalized spacial score (nSPS) is 40.9. The van der Waals surface area contributed by atoms with Crippen LogP contribution in [0.3, 0.4) is 0 Å². The SMILES string of the molecule is C=C1C(=O)O[C@@H]2CC(C)=CCC/C(C)=C/CC[C@]3(C)O[C@H]3C[C@@H]12. The predicted octanol–water partition coefficient (Wildman–Crippen LogP) is 4.49. The molecule has 0 unspecified atom stereocenters. The lowest BCUT2D eigenvalue weighted by molar-refractivity contribution is -0.139. The Labute approximate surface area is 139 Å². The van der Waals surface area contributed by atoms with Crippen LogP contribution in [-0.4, -0.2) is 23.8 Å². The molecule has 1 aliphatic carbocycles. The number of epoxide rings is 1. The first-order valence-electron chi connectivity index (χ1n) is 8.78. The summed E-state index contributed by atoms with van der Waals surface area (Å²) >= 11 is 0. The highest BCUT2D eigenvalue weighted by molar-refractivity contribution is 5.90. The van der Waals surface area contributed by atoms with E-state index in [-0.39, 0.29) is 29.7 Å². The van der Waals surface area contributed by atoms with Gasteiger partial charge in [0.2, 0.25) is 0 Å². The fourth-order valence-corrected chi connectivity index (χ4v) is 3.84. The molecule has 0 N–H and O–H groups in total. The average molecular weight is 316 g/mol. The van der Waals surface area contributed by atoms with Crippen LogP contribution in [0, 0.1) is 5.92 Å². The highest BCUT2D eigenvalue weighted by Crippen LogP contribution is 2.47. The topological polar surface area (TPSA) is 38.8 Å². The van der Waals surface area contributed by atoms with Crippen LogP contribution in [0.2, 0.25) is 0 Å². The van der Waals surface area contributed by atoms with E-state index < -0.39 is 0 Å². The third-order valence-corrected chi connectivity index (χ3v) is 5.61. The number of rotatable bonds is 0. The van der Waals surface area contributed by atoms with Gasteiger partial charge in [-0.2, -0.15) is 0 Å². The van der Waals surface area contributed by atoms with Gasteiger partial charge >= 0.3 is 5.97 Å². The maximum Gasteiger partial charge on any atom is 0.334 e. The van der Waals surface area contributed by atoms with Crippen molar-refractivity contribution in [3.63, 3.8) is 0 Å². The Bertz CT molecular complexity index is 571. The summed E-state index contributed by atoms with van der Waals surface area (Å²) in [6, 6.07) is 0. The van der Waals surface area contributed by atoms with Crippen LogP contribution < -0.4 is 0 Å². The molecule has 0 amide bonds. The van der Waals surface area contributed by atoms with Crippen molar-refractivity contribution in [2.45, 2.75) is 77.1 Å². The smallest absolute Gasteiger partial charge is 0.334 e. The van der Waals surface area contributed by atoms with Gasteiger partial charge in [-0.05, 0) is 52.9 Å². The summed E-state index contributed by atoms with van der Waals surface area (Å²) in [6.07, 6.45) is 10.7. The lowest BCUT2D eigenvalue weighted by Crippen LogP contribution is -2.21. The lowest BCUT2D eigenvalue weighted by atomic mass is 9.85. The Morgan fingerprint density at radius 2 is 1.96 bits per heavy atom. The second kappa shape index (κ2) is 6.27. The summed E-state index contributed by atoms with van der Waals surface area (Å²) in [4.78, 5) is 11.9. The zero-order chi connectivity index (χ0) is 16.6. The van der Waals surface area contributed by atoms with Crippen molar-refractivity contribution in [1.29, 1.82) is 0 Å². The minimum Gasteiger partial charge on any atom is -0.458 e. The zero-order valence-corrected chi connectivity index (χ0v) is 14.6. The van der Waals surface area contributed by atoms with Crippen molar-refractivity contribution in [2.24, 2.45) is 5.92 Å². The first-order chi connectivity index (χ1) is 10.9. The number of allylic oxidation sites excluding steroid dienone is 3. The predicted molar refractivity (Wildman–Crippen MR) is 91.0 cm³/mol. The number of fused-ring (bicyclic) bond motifs is 2. The van der Waals surface area contributed by atoms with Gasteiger partial charge in [-0.15, -0.1) is 0 Å². The molecule has 3 heteroatoms. The van der Waals surface area contributed by atoms with Crippen molar-refractivity contribution < 1.29 is 14.3 Å². The van der Waals surface area contributed by atoms with Crippen LogP contribution >= 0.6 is 0 Å². The molecular formula is C20H28O3. The number of esters is 1. The summed E-state index contributed by atoms with van der Waals surface area (Å²) in [7, 11) is 0. The molecule has 0 aromatic heterocycles. The first-order valence-corrected chi connectivity index (χ1v) is 8.78. The second-order valence-electron chi connectivity index (χ2n) is 7.61. The van der Waals surface area contributed by atoms with Gasteiger partial charge in [0.1, 0.15) is 6.10 Å². The van der Waals surface area contributed by atoms with Crippen LogP contribution in [-0.2, 0) is 14.3 Å². The number of hydrogen-bond acceptors (Lipinski definition) is 3. The molecule has 2 saturated heterocycles. The van der Waals surface area contributed by atoms with Gasteiger partial charge in [-0.3, -0.25) is 0 Å². The Kier molecular flexibility index (Phi) is 4.50. The van der Waals surface area contributed by atoms with Crippen molar-refractivity contribution in [1.82, 2.24) is 0 Å². The maximum atomic E-state index is 11.9. The molecule has 2 aliphatic heterocycles. The molecule has 3 rings (SSSR count). The van der Waals surface area contributed by atoms with Crippen molar-refractivity contribution >= 4 is 5.97 Å². The monoisotopic (exact) mass is 316 g/mol. The molecule has 2 fully saturated rings. The van der Waals surface area contributed by atoms with E-state index in [4.69, 9.17) is 9.47 Å². The quantitative estimate of drug-likeness (QED) is 0.286. The van der Waals surface area contributed by atoms with E-state index in [0.717, 1.165) is 38.5 Å². The van der Waals surface area contributed by atoms with E-state index in [9.17, 15) is 4.79 Å². The fraction of sp³-hybridized carbons (Fsp3) is 0.650. The van der Waals surface area contributed by atoms with Crippen LogP contribution in [0.4, 0.5) is 0 Å². The van der Waals surface area contributed by atoms with Gasteiger partial charge in [0, 0.05) is 17.9 Å². The van der Waals surface area contributed by atoms with Crippen molar-refractivity contribution in [3.05, 3.63) is 35.5 Å². The molecule has 0 bridgehead atoms. The summed E-state index contributed by atoms with van der Waals surface area (Å²) in [5, 5.41) is 0. The van der Waals surface area contributed by atoms with Crippen LogP contribution in [0.15, 0.2) is 35.5 Å². The standard InChI is InChI=1S/C20H28O3/c1-13-7-5-8-14(2)11-17-16(15(3)19(21)22-17)12-18-20(4,23-18)10-6-9-13/h8-9,16-18H,3,5-7,10-12H2,1-2,4H3/b13-9+,14-8?/t16-,17+,18-,20-/m0/s1. The molecule has 126 valence electrons. The molecule has 0 saturated carbocycles. The van der Waals surface area contributed by atoms with Gasteiger partial charge in [0.15, 0.2) is 0 Å². The second-order valence-corrected chi connectivity index (χ2v) is 7.61. The van der Waals surface area contributed by atoms with E-state index in [0.29, 0.717) is 5.57 Å². The molecule has 3 aliphatic rings. The van der Waals surface area contributed by atoms with Crippen molar-refractivity contribution in [3.8, 4) is 0 Å². The molecule has 4 atom stereocenters. The fourth-order valence-electron chi connectivity index (χ4n) is 3.84. The summed E-state index contributed by atoms with van der Waals surface area (Å²) in [5.74, 6) is -0.130. The summed E-state index contributed by atoms with van der Waals surface area (Å²) in [6.45, 7) is 10.5. The molecule has 23 heavy (non-hydrogen) atoms. The number of carbonyl (C=O) groups is 1. The van der Waals surface area contributed by atoms with E-state index >= 15 is 0 Å². The third-order valence-electron chi connectivity index (χ3n) is 5.61. The van der Waals surface area contributed by atoms with Gasteiger partial charge in [-0.1, -0.05) is 29.9 Å². The number of hydrogen-bond donors (Lipinski definition) is 0. The van der Waals surface area contributed by atoms with Crippen LogP contribution in [0.5, 0.6) is 0 Å². The first kappa shape index (κ1) is 16.5. The van der Waals surface area contributed by atoms with Gasteiger partial charge in [-0.25, -0.2) is 4.79 Å². The number of carbonyl (C=O) groups excluding carboxylic acids is 1. The van der Waals surface area contributed by atoms with Crippen LogP contribution in [0.25, 0.3) is 0 Å². The van der Waals surface area contributed by atoms with E-state index in [1.807, 2.05) is 0 Å². The van der Waals surface area contributed by atoms with Gasteiger partial charge < -0.3 is 9.47 Å². The van der Waals surface area contributed by atoms with Gasteiger partial charge in [0.25, 0.3) is 0 Å². The lowest BCUT2D eigenvalue weighted by Gasteiger charge is -2.18. The Hall–Kier alpha value is -1.35. The zero-order valence-electron chi connectivity index (χ0n) is 14.6. The van der Waals surface area contributed by atoms with E-state index in [1.54, 1.807) is 0 Å². The van der Waals surface area contributed by atoms with Gasteiger partial charge in [0.05, 0.1) is 11.7 Å². The van der Waals surface area contributed by atoms with E-state index in [1.165, 1.54) is 11.1 Å². The Balaban J connectivity index is 1.78. The highest BCUT2D eigenvalue weighted by atomic mass is 16.6. The summed E-state index contributed by atoms with van der Waals surface area (Å²) < 4.78 is 11.6. The molecule has 2 heterocycles. The van der Waals surface area contributed by atoms with Crippen LogP contribution in [0.1, 0.15) is 59.3 Å². The molecule has 3 nitrogen and oxygen atoms in total. The minimum absolute atomic E-state index is 0.0394. The molecule has 0 radical (unpaired) electrons. The number of ether oxygens (including phenoxy) is 2.